The van der Waals surface area contributed by atoms with E-state index in [2.05, 4.69) is 6.07 Å². The molecule has 0 heterocycles. The SMILES string of the molecule is N#CCC1(COC(=O)c2ccccc2N)CC1. The summed E-state index contributed by atoms with van der Waals surface area (Å²) in [6.07, 6.45) is 2.36. The van der Waals surface area contributed by atoms with Gasteiger partial charge in [-0.05, 0) is 25.0 Å². The van der Waals surface area contributed by atoms with Gasteiger partial charge in [-0.2, -0.15) is 5.26 Å². The standard InChI is InChI=1S/C13H14N2O2/c14-8-7-13(5-6-13)9-17-12(16)10-3-1-2-4-11(10)15/h1-4H,5-7,9,15H2. The van der Waals surface area contributed by atoms with Crippen LogP contribution in [0, 0.1) is 16.7 Å². The minimum absolute atomic E-state index is 0.0893. The molecule has 17 heavy (non-hydrogen) atoms. The molecule has 1 aromatic rings. The van der Waals surface area contributed by atoms with Crippen LogP contribution in [0.2, 0.25) is 0 Å². The van der Waals surface area contributed by atoms with E-state index in [1.807, 2.05) is 0 Å². The van der Waals surface area contributed by atoms with E-state index in [0.29, 0.717) is 24.3 Å². The Balaban J connectivity index is 1.95. The van der Waals surface area contributed by atoms with Crippen LogP contribution < -0.4 is 5.73 Å². The molecule has 0 radical (unpaired) electrons. The van der Waals surface area contributed by atoms with Crippen LogP contribution in [-0.4, -0.2) is 12.6 Å². The van der Waals surface area contributed by atoms with E-state index < -0.39 is 5.97 Å². The van der Waals surface area contributed by atoms with Crippen LogP contribution >= 0.6 is 0 Å². The number of hydrogen-bond acceptors (Lipinski definition) is 4. The van der Waals surface area contributed by atoms with Crippen LogP contribution in [-0.2, 0) is 4.74 Å². The summed E-state index contributed by atoms with van der Waals surface area (Å²) in [4.78, 5) is 11.8. The van der Waals surface area contributed by atoms with Gasteiger partial charge >= 0.3 is 5.97 Å². The van der Waals surface area contributed by atoms with Gasteiger partial charge in [0.2, 0.25) is 0 Å². The second kappa shape index (κ2) is 4.46. The molecule has 0 aromatic heterocycles. The number of esters is 1. The van der Waals surface area contributed by atoms with Crippen LogP contribution in [0.1, 0.15) is 29.6 Å². The first kappa shape index (κ1) is 11.5. The van der Waals surface area contributed by atoms with Crippen molar-refractivity contribution in [3.63, 3.8) is 0 Å². The number of benzene rings is 1. The maximum atomic E-state index is 11.8. The first-order chi connectivity index (χ1) is 8.17. The molecule has 0 aliphatic heterocycles. The number of nitrogens with two attached hydrogens (primary N) is 1. The van der Waals surface area contributed by atoms with Crippen LogP contribution in [0.4, 0.5) is 5.69 Å². The number of ether oxygens (including phenoxy) is 1. The van der Waals surface area contributed by atoms with Crippen molar-refractivity contribution in [1.82, 2.24) is 0 Å². The number of nitrogens with zero attached hydrogens (tertiary/aromatic N) is 1. The Bertz CT molecular complexity index is 473. The molecule has 0 unspecified atom stereocenters. The van der Waals surface area contributed by atoms with E-state index in [0.717, 1.165) is 12.8 Å². The Kier molecular flexibility index (Phi) is 3.01. The van der Waals surface area contributed by atoms with Crippen molar-refractivity contribution in [1.29, 1.82) is 5.26 Å². The summed E-state index contributed by atoms with van der Waals surface area (Å²) in [5.74, 6) is -0.410. The van der Waals surface area contributed by atoms with Gasteiger partial charge in [0.05, 0.1) is 18.2 Å². The highest BCUT2D eigenvalue weighted by Crippen LogP contribution is 2.48. The van der Waals surface area contributed by atoms with Gasteiger partial charge in [-0.15, -0.1) is 0 Å². The summed E-state index contributed by atoms with van der Waals surface area (Å²) in [7, 11) is 0. The summed E-state index contributed by atoms with van der Waals surface area (Å²) in [5.41, 5.74) is 6.40. The van der Waals surface area contributed by atoms with Crippen LogP contribution in [0.25, 0.3) is 0 Å². The second-order valence-electron chi connectivity index (χ2n) is 4.50. The normalized spacial score (nSPS) is 15.9. The van der Waals surface area contributed by atoms with Crippen molar-refractivity contribution in [2.75, 3.05) is 12.3 Å². The first-order valence-corrected chi connectivity index (χ1v) is 5.55. The van der Waals surface area contributed by atoms with Crippen molar-refractivity contribution in [3.8, 4) is 6.07 Å². The number of nitrogen functional groups attached to an aromatic ring is 1. The average molecular weight is 230 g/mol. The van der Waals surface area contributed by atoms with E-state index in [-0.39, 0.29) is 5.41 Å². The molecule has 0 saturated heterocycles. The van der Waals surface area contributed by atoms with Gasteiger partial charge in [-0.25, -0.2) is 4.79 Å². The fraction of sp³-hybridized carbons (Fsp3) is 0.385. The van der Waals surface area contributed by atoms with Crippen LogP contribution in [0.3, 0.4) is 0 Å². The molecule has 2 N–H and O–H groups in total. The molecule has 0 spiro atoms. The second-order valence-corrected chi connectivity index (χ2v) is 4.50. The maximum absolute atomic E-state index is 11.8. The van der Waals surface area contributed by atoms with Crippen molar-refractivity contribution in [3.05, 3.63) is 29.8 Å². The van der Waals surface area contributed by atoms with E-state index in [9.17, 15) is 4.79 Å². The molecule has 0 bridgehead atoms. The summed E-state index contributed by atoms with van der Waals surface area (Å²) < 4.78 is 5.22. The van der Waals surface area contributed by atoms with Crippen LogP contribution in [0.5, 0.6) is 0 Å². The monoisotopic (exact) mass is 230 g/mol. The lowest BCUT2D eigenvalue weighted by Crippen LogP contribution is -2.15. The third-order valence-electron chi connectivity index (χ3n) is 3.10. The number of carbonyl (C=O) groups excluding carboxylic acids is 1. The van der Waals surface area contributed by atoms with E-state index >= 15 is 0 Å². The highest BCUT2D eigenvalue weighted by atomic mass is 16.5. The topological polar surface area (TPSA) is 76.1 Å². The quantitative estimate of drug-likeness (QED) is 0.635. The number of rotatable bonds is 4. The van der Waals surface area contributed by atoms with Crippen molar-refractivity contribution < 1.29 is 9.53 Å². The molecule has 4 heteroatoms. The molecule has 4 nitrogen and oxygen atoms in total. The molecule has 1 aliphatic carbocycles. The van der Waals surface area contributed by atoms with Gasteiger partial charge < -0.3 is 10.5 Å². The zero-order chi connectivity index (χ0) is 12.3. The Hall–Kier alpha value is -2.02. The third-order valence-corrected chi connectivity index (χ3v) is 3.10. The lowest BCUT2D eigenvalue weighted by Gasteiger charge is -2.12. The summed E-state index contributed by atoms with van der Waals surface area (Å²) in [5, 5.41) is 8.66. The van der Waals surface area contributed by atoms with Gasteiger partial charge in [0.25, 0.3) is 0 Å². The molecule has 0 amide bonds. The predicted molar refractivity (Wildman–Crippen MR) is 63.0 cm³/mol. The summed E-state index contributed by atoms with van der Waals surface area (Å²) in [6.45, 7) is 0.313. The molecule has 1 fully saturated rings. The zero-order valence-electron chi connectivity index (χ0n) is 9.48. The van der Waals surface area contributed by atoms with Gasteiger partial charge in [-0.1, -0.05) is 12.1 Å². The molecule has 0 atom stereocenters. The molecule has 1 aliphatic rings. The fourth-order valence-corrected chi connectivity index (χ4v) is 1.70. The Morgan fingerprint density at radius 1 is 1.47 bits per heavy atom. The predicted octanol–water partition coefficient (Wildman–Crippen LogP) is 2.12. The highest BCUT2D eigenvalue weighted by Gasteiger charge is 2.43. The summed E-state index contributed by atoms with van der Waals surface area (Å²) >= 11 is 0. The number of hydrogen-bond donors (Lipinski definition) is 1. The lowest BCUT2D eigenvalue weighted by atomic mass is 10.1. The largest absolute Gasteiger partial charge is 0.461 e. The average Bonchev–Trinajstić information content (AvgIpc) is 3.08. The molecule has 1 aromatic carbocycles. The number of para-hydroxylation sites is 1. The molecular formula is C13H14N2O2. The fourth-order valence-electron chi connectivity index (χ4n) is 1.70. The van der Waals surface area contributed by atoms with Crippen molar-refractivity contribution in [2.45, 2.75) is 19.3 Å². The van der Waals surface area contributed by atoms with Gasteiger partial charge in [-0.3, -0.25) is 0 Å². The Morgan fingerprint density at radius 3 is 2.76 bits per heavy atom. The lowest BCUT2D eigenvalue weighted by molar-refractivity contribution is 0.0420. The minimum Gasteiger partial charge on any atom is -0.461 e. The van der Waals surface area contributed by atoms with Gasteiger partial charge in [0.1, 0.15) is 0 Å². The Morgan fingerprint density at radius 2 is 2.18 bits per heavy atom. The third kappa shape index (κ3) is 2.56. The first-order valence-electron chi connectivity index (χ1n) is 5.55. The molecule has 1 saturated carbocycles. The smallest absolute Gasteiger partial charge is 0.340 e. The number of anilines is 1. The Labute approximate surface area is 100.0 Å². The van der Waals surface area contributed by atoms with Crippen molar-refractivity contribution in [2.24, 2.45) is 5.41 Å². The molecular weight excluding hydrogens is 216 g/mol. The maximum Gasteiger partial charge on any atom is 0.340 e. The number of nitriles is 1. The van der Waals surface area contributed by atoms with E-state index in [1.54, 1.807) is 24.3 Å². The summed E-state index contributed by atoms with van der Waals surface area (Å²) in [6, 6.07) is 8.95. The molecule has 2 rings (SSSR count). The highest BCUT2D eigenvalue weighted by molar-refractivity contribution is 5.94. The van der Waals surface area contributed by atoms with E-state index in [1.165, 1.54) is 0 Å². The minimum atomic E-state index is -0.410. The molecule has 88 valence electrons. The van der Waals surface area contributed by atoms with Gasteiger partial charge in [0, 0.05) is 17.5 Å². The van der Waals surface area contributed by atoms with E-state index in [4.69, 9.17) is 15.7 Å². The van der Waals surface area contributed by atoms with Crippen molar-refractivity contribution >= 4 is 11.7 Å². The van der Waals surface area contributed by atoms with Gasteiger partial charge in [0.15, 0.2) is 0 Å². The number of carbonyl (C=O) groups is 1. The zero-order valence-corrected chi connectivity index (χ0v) is 9.48. The van der Waals surface area contributed by atoms with Crippen LogP contribution in [0.15, 0.2) is 24.3 Å².